The molecule has 4 rings (SSSR count). The summed E-state index contributed by atoms with van der Waals surface area (Å²) in [6.45, 7) is 6.26. The van der Waals surface area contributed by atoms with Gasteiger partial charge >= 0.3 is 11.9 Å². The van der Waals surface area contributed by atoms with Gasteiger partial charge in [-0.05, 0) is 81.5 Å². The SMILES string of the molecule is CCOC(=O)C(C(=O)OCC)C(C)C1C2CC3CC(C2)CC1C3. The van der Waals surface area contributed by atoms with Crippen LogP contribution >= 0.6 is 0 Å². The van der Waals surface area contributed by atoms with Crippen LogP contribution in [-0.2, 0) is 19.1 Å². The van der Waals surface area contributed by atoms with Gasteiger partial charge in [0.2, 0.25) is 0 Å². The molecule has 4 bridgehead atoms. The zero-order chi connectivity index (χ0) is 16.6. The molecule has 0 amide bonds. The van der Waals surface area contributed by atoms with Crippen LogP contribution in [0.3, 0.4) is 0 Å². The van der Waals surface area contributed by atoms with Crippen molar-refractivity contribution in [2.75, 3.05) is 13.2 Å². The van der Waals surface area contributed by atoms with Crippen molar-refractivity contribution in [2.24, 2.45) is 41.4 Å². The Hall–Kier alpha value is -1.06. The van der Waals surface area contributed by atoms with Crippen molar-refractivity contribution in [3.05, 3.63) is 0 Å². The minimum absolute atomic E-state index is 0.0168. The Morgan fingerprint density at radius 1 is 0.870 bits per heavy atom. The molecule has 4 nitrogen and oxygen atoms in total. The van der Waals surface area contributed by atoms with Crippen molar-refractivity contribution in [3.8, 4) is 0 Å². The van der Waals surface area contributed by atoms with E-state index in [1.807, 2.05) is 0 Å². The van der Waals surface area contributed by atoms with Crippen LogP contribution in [0.5, 0.6) is 0 Å². The van der Waals surface area contributed by atoms with Crippen molar-refractivity contribution < 1.29 is 19.1 Å². The third kappa shape index (κ3) is 3.14. The lowest BCUT2D eigenvalue weighted by Gasteiger charge is -2.56. The minimum atomic E-state index is -0.752. The van der Waals surface area contributed by atoms with E-state index >= 15 is 0 Å². The maximum Gasteiger partial charge on any atom is 0.320 e. The van der Waals surface area contributed by atoms with E-state index in [1.165, 1.54) is 32.1 Å². The number of rotatable bonds is 6. The van der Waals surface area contributed by atoms with E-state index in [1.54, 1.807) is 13.8 Å². The quantitative estimate of drug-likeness (QED) is 0.555. The van der Waals surface area contributed by atoms with E-state index in [0.717, 1.165) is 11.8 Å². The monoisotopic (exact) mass is 322 g/mol. The Balaban J connectivity index is 1.78. The van der Waals surface area contributed by atoms with E-state index in [0.29, 0.717) is 31.0 Å². The van der Waals surface area contributed by atoms with Gasteiger partial charge in [0.1, 0.15) is 0 Å². The van der Waals surface area contributed by atoms with Crippen molar-refractivity contribution in [2.45, 2.75) is 52.9 Å². The van der Waals surface area contributed by atoms with Crippen molar-refractivity contribution >= 4 is 11.9 Å². The van der Waals surface area contributed by atoms with Crippen LogP contribution in [0.2, 0.25) is 0 Å². The van der Waals surface area contributed by atoms with E-state index in [-0.39, 0.29) is 5.92 Å². The van der Waals surface area contributed by atoms with Gasteiger partial charge in [0.15, 0.2) is 5.92 Å². The molecule has 0 aromatic heterocycles. The third-order valence-corrected chi connectivity index (χ3v) is 6.51. The molecule has 0 saturated heterocycles. The fourth-order valence-corrected chi connectivity index (χ4v) is 6.04. The number of esters is 2. The number of carbonyl (C=O) groups excluding carboxylic acids is 2. The molecule has 4 aliphatic rings. The van der Waals surface area contributed by atoms with Gasteiger partial charge in [-0.3, -0.25) is 9.59 Å². The average molecular weight is 322 g/mol. The fourth-order valence-electron chi connectivity index (χ4n) is 6.04. The number of hydrogen-bond acceptors (Lipinski definition) is 4. The molecule has 1 atom stereocenters. The molecule has 0 N–H and O–H groups in total. The number of hydrogen-bond donors (Lipinski definition) is 0. The Morgan fingerprint density at radius 2 is 1.30 bits per heavy atom. The van der Waals surface area contributed by atoms with Gasteiger partial charge < -0.3 is 9.47 Å². The molecule has 4 heteroatoms. The van der Waals surface area contributed by atoms with Crippen molar-refractivity contribution in [3.63, 3.8) is 0 Å². The van der Waals surface area contributed by atoms with Crippen LogP contribution < -0.4 is 0 Å². The summed E-state index contributed by atoms with van der Waals surface area (Å²) in [4.78, 5) is 24.8. The first-order chi connectivity index (χ1) is 11.0. The zero-order valence-corrected chi connectivity index (χ0v) is 14.6. The summed E-state index contributed by atoms with van der Waals surface area (Å²) < 4.78 is 10.4. The molecule has 0 aromatic carbocycles. The molecular weight excluding hydrogens is 292 g/mol. The van der Waals surface area contributed by atoms with Crippen molar-refractivity contribution in [1.82, 2.24) is 0 Å². The number of carbonyl (C=O) groups is 2. The lowest BCUT2D eigenvalue weighted by Crippen LogP contribution is -2.50. The second-order valence-corrected chi connectivity index (χ2v) is 7.85. The lowest BCUT2D eigenvalue weighted by atomic mass is 9.49. The second kappa shape index (κ2) is 6.82. The van der Waals surface area contributed by atoms with Gasteiger partial charge in [-0.25, -0.2) is 0 Å². The first kappa shape index (κ1) is 16.8. The summed E-state index contributed by atoms with van der Waals surface area (Å²) in [5, 5.41) is 0. The van der Waals surface area contributed by atoms with Crippen LogP contribution in [0.25, 0.3) is 0 Å². The van der Waals surface area contributed by atoms with E-state index in [2.05, 4.69) is 6.92 Å². The highest BCUT2D eigenvalue weighted by Crippen LogP contribution is 2.59. The zero-order valence-electron chi connectivity index (χ0n) is 14.6. The van der Waals surface area contributed by atoms with Crippen LogP contribution in [0.4, 0.5) is 0 Å². The largest absolute Gasteiger partial charge is 0.465 e. The second-order valence-electron chi connectivity index (χ2n) is 7.85. The molecule has 0 radical (unpaired) electrons. The summed E-state index contributed by atoms with van der Waals surface area (Å²) >= 11 is 0. The summed E-state index contributed by atoms with van der Waals surface area (Å²) in [6.07, 6.45) is 6.58. The maximum atomic E-state index is 12.4. The Bertz CT molecular complexity index is 412. The standard InChI is InChI=1S/C19H30O4/c1-4-22-18(20)17(19(21)23-5-2)11(3)16-14-7-12-6-13(9-14)10-15(16)8-12/h11-17H,4-10H2,1-3H3. The van der Waals surface area contributed by atoms with Gasteiger partial charge in [0.05, 0.1) is 13.2 Å². The Kier molecular flexibility index (Phi) is 4.98. The molecule has 0 spiro atoms. The average Bonchev–Trinajstić information content (AvgIpc) is 2.46. The summed E-state index contributed by atoms with van der Waals surface area (Å²) in [7, 11) is 0. The smallest absolute Gasteiger partial charge is 0.320 e. The van der Waals surface area contributed by atoms with Gasteiger partial charge in [0, 0.05) is 0 Å². The van der Waals surface area contributed by atoms with E-state index in [4.69, 9.17) is 9.47 Å². The topological polar surface area (TPSA) is 52.6 Å². The predicted octanol–water partition coefficient (Wildman–Crippen LogP) is 3.44. The summed E-state index contributed by atoms with van der Waals surface area (Å²) in [5.74, 6) is 2.11. The molecule has 130 valence electrons. The fraction of sp³-hybridized carbons (Fsp3) is 0.895. The highest BCUT2D eigenvalue weighted by Gasteiger charge is 2.52. The molecule has 4 saturated carbocycles. The first-order valence-electron chi connectivity index (χ1n) is 9.38. The maximum absolute atomic E-state index is 12.4. The van der Waals surface area contributed by atoms with Gasteiger partial charge in [-0.15, -0.1) is 0 Å². The summed E-state index contributed by atoms with van der Waals surface area (Å²) in [6, 6.07) is 0. The Labute approximate surface area is 139 Å². The van der Waals surface area contributed by atoms with Crippen LogP contribution in [-0.4, -0.2) is 25.2 Å². The van der Waals surface area contributed by atoms with Crippen LogP contribution in [0, 0.1) is 41.4 Å². The summed E-state index contributed by atoms with van der Waals surface area (Å²) in [5.41, 5.74) is 0. The molecule has 4 aliphatic carbocycles. The molecule has 4 fully saturated rings. The van der Waals surface area contributed by atoms with Crippen molar-refractivity contribution in [1.29, 1.82) is 0 Å². The predicted molar refractivity (Wildman–Crippen MR) is 86.5 cm³/mol. The van der Waals surface area contributed by atoms with E-state index < -0.39 is 17.9 Å². The number of ether oxygens (including phenoxy) is 2. The minimum Gasteiger partial charge on any atom is -0.465 e. The highest BCUT2D eigenvalue weighted by molar-refractivity contribution is 5.95. The molecule has 0 aliphatic heterocycles. The normalized spacial score (nSPS) is 36.1. The van der Waals surface area contributed by atoms with Crippen LogP contribution in [0.1, 0.15) is 52.9 Å². The lowest BCUT2D eigenvalue weighted by molar-refractivity contribution is -0.168. The van der Waals surface area contributed by atoms with E-state index in [9.17, 15) is 9.59 Å². The molecule has 0 heterocycles. The van der Waals surface area contributed by atoms with Gasteiger partial charge in [-0.2, -0.15) is 0 Å². The van der Waals surface area contributed by atoms with Gasteiger partial charge in [0.25, 0.3) is 0 Å². The van der Waals surface area contributed by atoms with Gasteiger partial charge in [-0.1, -0.05) is 6.92 Å². The first-order valence-corrected chi connectivity index (χ1v) is 9.38. The molecular formula is C19H30O4. The third-order valence-electron chi connectivity index (χ3n) is 6.51. The highest BCUT2D eigenvalue weighted by atomic mass is 16.6. The molecule has 0 aromatic rings. The molecule has 23 heavy (non-hydrogen) atoms. The Morgan fingerprint density at radius 3 is 1.70 bits per heavy atom. The van der Waals surface area contributed by atoms with Crippen LogP contribution in [0.15, 0.2) is 0 Å². The molecule has 1 unspecified atom stereocenters.